The highest BCUT2D eigenvalue weighted by molar-refractivity contribution is 5.79. The monoisotopic (exact) mass is 390 g/mol. The number of benzene rings is 1. The van der Waals surface area contributed by atoms with Crippen molar-refractivity contribution in [2.24, 2.45) is 5.92 Å². The van der Waals surface area contributed by atoms with Crippen molar-refractivity contribution >= 4 is 11.9 Å². The molecule has 7 nitrogen and oxygen atoms in total. The van der Waals surface area contributed by atoms with Gasteiger partial charge in [-0.05, 0) is 51.1 Å². The van der Waals surface area contributed by atoms with Crippen LogP contribution in [0.5, 0.6) is 5.75 Å². The van der Waals surface area contributed by atoms with Crippen LogP contribution in [0.4, 0.5) is 4.79 Å². The number of methoxy groups -OCH3 is 1. The fourth-order valence-corrected chi connectivity index (χ4v) is 3.46. The third-order valence-electron chi connectivity index (χ3n) is 5.27. The molecule has 156 valence electrons. The molecule has 28 heavy (non-hydrogen) atoms. The van der Waals surface area contributed by atoms with Gasteiger partial charge < -0.3 is 25.2 Å². The van der Waals surface area contributed by atoms with E-state index in [-0.39, 0.29) is 23.9 Å². The molecule has 1 heterocycles. The van der Waals surface area contributed by atoms with E-state index in [2.05, 4.69) is 15.5 Å². The lowest BCUT2D eigenvalue weighted by Gasteiger charge is -2.32. The largest absolute Gasteiger partial charge is 0.497 e. The van der Waals surface area contributed by atoms with E-state index in [0.29, 0.717) is 19.6 Å². The van der Waals surface area contributed by atoms with Crippen LogP contribution < -0.4 is 15.4 Å². The molecular weight excluding hydrogens is 356 g/mol. The van der Waals surface area contributed by atoms with Gasteiger partial charge in [-0.1, -0.05) is 19.1 Å². The van der Waals surface area contributed by atoms with Crippen LogP contribution in [0, 0.1) is 5.92 Å². The van der Waals surface area contributed by atoms with Crippen molar-refractivity contribution in [2.45, 2.75) is 32.2 Å². The predicted molar refractivity (Wildman–Crippen MR) is 110 cm³/mol. The Balaban J connectivity index is 1.84. The molecule has 1 unspecified atom stereocenters. The minimum absolute atomic E-state index is 0.0180. The van der Waals surface area contributed by atoms with Crippen molar-refractivity contribution in [1.29, 1.82) is 0 Å². The van der Waals surface area contributed by atoms with Crippen LogP contribution in [0.1, 0.15) is 37.8 Å². The summed E-state index contributed by atoms with van der Waals surface area (Å²) in [5.41, 5.74) is 1.12. The Morgan fingerprint density at radius 2 is 1.82 bits per heavy atom. The maximum absolute atomic E-state index is 12.6. The third kappa shape index (κ3) is 6.12. The summed E-state index contributed by atoms with van der Waals surface area (Å²) < 4.78 is 5.22. The van der Waals surface area contributed by atoms with E-state index in [0.717, 1.165) is 37.1 Å². The first-order valence-corrected chi connectivity index (χ1v) is 10.1. The van der Waals surface area contributed by atoms with E-state index < -0.39 is 0 Å². The van der Waals surface area contributed by atoms with Crippen LogP contribution in [0.25, 0.3) is 0 Å². The Labute approximate surface area is 168 Å². The van der Waals surface area contributed by atoms with Gasteiger partial charge in [-0.2, -0.15) is 0 Å². The molecule has 7 heteroatoms. The maximum Gasteiger partial charge on any atom is 0.317 e. The number of likely N-dealkylation sites (tertiary alicyclic amines) is 1. The van der Waals surface area contributed by atoms with Crippen LogP contribution in [0.15, 0.2) is 24.3 Å². The van der Waals surface area contributed by atoms with E-state index in [1.165, 1.54) is 0 Å². The Morgan fingerprint density at radius 3 is 2.36 bits per heavy atom. The number of nitrogens with zero attached hydrogens (tertiary/aromatic N) is 2. The van der Waals surface area contributed by atoms with E-state index >= 15 is 0 Å². The molecule has 1 aromatic rings. The molecule has 1 aliphatic rings. The van der Waals surface area contributed by atoms with Crippen molar-refractivity contribution in [2.75, 3.05) is 47.4 Å². The van der Waals surface area contributed by atoms with Crippen molar-refractivity contribution in [3.63, 3.8) is 0 Å². The molecule has 2 N–H and O–H groups in total. The van der Waals surface area contributed by atoms with Gasteiger partial charge in [0.1, 0.15) is 5.75 Å². The number of carbonyl (C=O) groups is 2. The average Bonchev–Trinajstić information content (AvgIpc) is 2.72. The minimum Gasteiger partial charge on any atom is -0.497 e. The molecule has 0 radical (unpaired) electrons. The SMILES string of the molecule is CCCNC(=O)C1CCN(C(=O)NCC(c2ccc(OC)cc2)N(C)C)CC1. The van der Waals surface area contributed by atoms with Crippen LogP contribution in [0.3, 0.4) is 0 Å². The summed E-state index contributed by atoms with van der Waals surface area (Å²) in [7, 11) is 5.65. The first-order chi connectivity index (χ1) is 13.5. The number of likely N-dealkylation sites (N-methyl/N-ethyl adjacent to an activating group) is 1. The molecular formula is C21H34N4O3. The Kier molecular flexibility index (Phi) is 8.57. The van der Waals surface area contributed by atoms with Gasteiger partial charge in [-0.15, -0.1) is 0 Å². The zero-order valence-corrected chi connectivity index (χ0v) is 17.5. The van der Waals surface area contributed by atoms with Crippen molar-refractivity contribution in [3.8, 4) is 5.75 Å². The molecule has 1 saturated heterocycles. The number of rotatable bonds is 8. The quantitative estimate of drug-likeness (QED) is 0.714. The number of amides is 3. The second-order valence-corrected chi connectivity index (χ2v) is 7.49. The van der Waals surface area contributed by atoms with Crippen LogP contribution in [-0.4, -0.2) is 69.1 Å². The average molecular weight is 391 g/mol. The van der Waals surface area contributed by atoms with Gasteiger partial charge in [-0.3, -0.25) is 4.79 Å². The first kappa shape index (κ1) is 22.0. The van der Waals surface area contributed by atoms with E-state index in [9.17, 15) is 9.59 Å². The summed E-state index contributed by atoms with van der Waals surface area (Å²) in [5.74, 6) is 0.953. The summed E-state index contributed by atoms with van der Waals surface area (Å²) in [4.78, 5) is 28.6. The number of hydrogen-bond acceptors (Lipinski definition) is 4. The molecule has 2 rings (SSSR count). The zero-order chi connectivity index (χ0) is 20.5. The molecule has 0 spiro atoms. The van der Waals surface area contributed by atoms with E-state index in [1.54, 1.807) is 7.11 Å². The fraction of sp³-hybridized carbons (Fsp3) is 0.619. The molecule has 0 saturated carbocycles. The van der Waals surface area contributed by atoms with Crippen LogP contribution in [-0.2, 0) is 4.79 Å². The summed E-state index contributed by atoms with van der Waals surface area (Å²) in [5, 5.41) is 6.01. The number of piperidine rings is 1. The molecule has 0 bridgehead atoms. The number of carbonyl (C=O) groups excluding carboxylic acids is 2. The zero-order valence-electron chi connectivity index (χ0n) is 17.5. The molecule has 1 aliphatic heterocycles. The highest BCUT2D eigenvalue weighted by Crippen LogP contribution is 2.21. The molecule has 3 amide bonds. The number of hydrogen-bond donors (Lipinski definition) is 2. The normalized spacial score (nSPS) is 16.0. The van der Waals surface area contributed by atoms with Crippen LogP contribution in [0.2, 0.25) is 0 Å². The molecule has 0 aliphatic carbocycles. The Morgan fingerprint density at radius 1 is 1.18 bits per heavy atom. The summed E-state index contributed by atoms with van der Waals surface area (Å²) >= 11 is 0. The molecule has 1 atom stereocenters. The van der Waals surface area contributed by atoms with Crippen molar-refractivity contribution in [1.82, 2.24) is 20.4 Å². The van der Waals surface area contributed by atoms with Gasteiger partial charge in [0.15, 0.2) is 0 Å². The Bertz CT molecular complexity index is 625. The smallest absolute Gasteiger partial charge is 0.317 e. The summed E-state index contributed by atoms with van der Waals surface area (Å²) in [6.07, 6.45) is 2.38. The summed E-state index contributed by atoms with van der Waals surface area (Å²) in [6, 6.07) is 7.93. The Hall–Kier alpha value is -2.28. The van der Waals surface area contributed by atoms with E-state index in [4.69, 9.17) is 4.74 Å². The standard InChI is InChI=1S/C21H34N4O3/c1-5-12-22-20(26)17-10-13-25(14-11-17)21(27)23-15-19(24(2)3)16-6-8-18(28-4)9-7-16/h6-9,17,19H,5,10-15H2,1-4H3,(H,22,26)(H,23,27). The third-order valence-corrected chi connectivity index (χ3v) is 5.27. The number of nitrogens with one attached hydrogen (secondary N) is 2. The van der Waals surface area contributed by atoms with Gasteiger partial charge in [0.25, 0.3) is 0 Å². The lowest BCUT2D eigenvalue weighted by molar-refractivity contribution is -0.126. The predicted octanol–water partition coefficient (Wildman–Crippen LogP) is 2.25. The van der Waals surface area contributed by atoms with E-state index in [1.807, 2.05) is 50.2 Å². The molecule has 0 aromatic heterocycles. The number of urea groups is 1. The molecule has 1 aromatic carbocycles. The molecule has 1 fully saturated rings. The van der Waals surface area contributed by atoms with Gasteiger partial charge >= 0.3 is 6.03 Å². The van der Waals surface area contributed by atoms with Crippen molar-refractivity contribution in [3.05, 3.63) is 29.8 Å². The highest BCUT2D eigenvalue weighted by Gasteiger charge is 2.27. The minimum atomic E-state index is -0.0622. The van der Waals surface area contributed by atoms with Gasteiger partial charge in [0.05, 0.1) is 13.2 Å². The summed E-state index contributed by atoms with van der Waals surface area (Å²) in [6.45, 7) is 4.52. The number of ether oxygens (including phenoxy) is 1. The topological polar surface area (TPSA) is 73.9 Å². The van der Waals surface area contributed by atoms with Gasteiger partial charge in [-0.25, -0.2) is 4.79 Å². The maximum atomic E-state index is 12.6. The first-order valence-electron chi connectivity index (χ1n) is 10.1. The second-order valence-electron chi connectivity index (χ2n) is 7.49. The van der Waals surface area contributed by atoms with Crippen LogP contribution >= 0.6 is 0 Å². The lowest BCUT2D eigenvalue weighted by Crippen LogP contribution is -2.48. The fourth-order valence-electron chi connectivity index (χ4n) is 3.46. The second kappa shape index (κ2) is 10.9. The lowest BCUT2D eigenvalue weighted by atomic mass is 9.96. The van der Waals surface area contributed by atoms with Gasteiger partial charge in [0.2, 0.25) is 5.91 Å². The van der Waals surface area contributed by atoms with Crippen molar-refractivity contribution < 1.29 is 14.3 Å². The highest BCUT2D eigenvalue weighted by atomic mass is 16.5. The van der Waals surface area contributed by atoms with Gasteiger partial charge in [0, 0.05) is 32.1 Å².